The molecule has 0 saturated heterocycles. The molecule has 0 atom stereocenters. The van der Waals surface area contributed by atoms with Gasteiger partial charge in [0.15, 0.2) is 0 Å². The van der Waals surface area contributed by atoms with Crippen molar-refractivity contribution in [2.24, 2.45) is 0 Å². The second-order valence-electron chi connectivity index (χ2n) is 3.86. The van der Waals surface area contributed by atoms with E-state index in [-0.39, 0.29) is 0 Å². The minimum atomic E-state index is 0.350. The SMILES string of the molecule is CCOc1ccc(N(C)c2cc(C#N)ncn2)cc1. The summed E-state index contributed by atoms with van der Waals surface area (Å²) in [5, 5.41) is 8.83. The Balaban J connectivity index is 2.23. The number of benzene rings is 1. The van der Waals surface area contributed by atoms with Crippen LogP contribution in [0.2, 0.25) is 0 Å². The van der Waals surface area contributed by atoms with Crippen LogP contribution in [-0.2, 0) is 0 Å². The van der Waals surface area contributed by atoms with Gasteiger partial charge in [0.25, 0.3) is 0 Å². The third-order valence-electron chi connectivity index (χ3n) is 2.65. The third-order valence-corrected chi connectivity index (χ3v) is 2.65. The number of nitriles is 1. The normalized spacial score (nSPS) is 9.74. The highest BCUT2D eigenvalue weighted by atomic mass is 16.5. The Hall–Kier alpha value is -2.61. The predicted octanol–water partition coefficient (Wildman–Crippen LogP) is 2.51. The largest absolute Gasteiger partial charge is 0.494 e. The molecule has 0 aliphatic rings. The number of nitrogens with zero attached hydrogens (tertiary/aromatic N) is 4. The average molecular weight is 254 g/mol. The molecule has 0 spiro atoms. The number of rotatable bonds is 4. The molecule has 0 unspecified atom stereocenters. The summed E-state index contributed by atoms with van der Waals surface area (Å²) in [7, 11) is 1.89. The molecule has 1 heterocycles. The number of hydrogen-bond donors (Lipinski definition) is 0. The summed E-state index contributed by atoms with van der Waals surface area (Å²) < 4.78 is 5.40. The fraction of sp³-hybridized carbons (Fsp3) is 0.214. The molecule has 2 aromatic rings. The van der Waals surface area contributed by atoms with Crippen LogP contribution in [0, 0.1) is 11.3 Å². The molecule has 5 nitrogen and oxygen atoms in total. The van der Waals surface area contributed by atoms with Gasteiger partial charge in [0.1, 0.15) is 29.7 Å². The van der Waals surface area contributed by atoms with Gasteiger partial charge in [-0.2, -0.15) is 5.26 Å². The van der Waals surface area contributed by atoms with Crippen molar-refractivity contribution in [2.75, 3.05) is 18.6 Å². The summed E-state index contributed by atoms with van der Waals surface area (Å²) in [5.74, 6) is 1.51. The zero-order valence-electron chi connectivity index (χ0n) is 10.9. The highest BCUT2D eigenvalue weighted by Crippen LogP contribution is 2.24. The van der Waals surface area contributed by atoms with Crippen LogP contribution < -0.4 is 9.64 Å². The smallest absolute Gasteiger partial charge is 0.145 e. The van der Waals surface area contributed by atoms with Gasteiger partial charge in [-0.05, 0) is 31.2 Å². The van der Waals surface area contributed by atoms with E-state index in [1.165, 1.54) is 6.33 Å². The van der Waals surface area contributed by atoms with Crippen molar-refractivity contribution in [2.45, 2.75) is 6.92 Å². The van der Waals surface area contributed by atoms with Crippen molar-refractivity contribution >= 4 is 11.5 Å². The van der Waals surface area contributed by atoms with Gasteiger partial charge in [0, 0.05) is 18.8 Å². The zero-order valence-corrected chi connectivity index (χ0v) is 10.9. The van der Waals surface area contributed by atoms with Gasteiger partial charge >= 0.3 is 0 Å². The lowest BCUT2D eigenvalue weighted by Gasteiger charge is -2.18. The van der Waals surface area contributed by atoms with Crippen molar-refractivity contribution in [3.8, 4) is 11.8 Å². The van der Waals surface area contributed by atoms with Crippen LogP contribution in [0.1, 0.15) is 12.6 Å². The summed E-state index contributed by atoms with van der Waals surface area (Å²) in [6, 6.07) is 11.3. The van der Waals surface area contributed by atoms with Crippen LogP contribution in [0.4, 0.5) is 11.5 Å². The zero-order chi connectivity index (χ0) is 13.7. The number of hydrogen-bond acceptors (Lipinski definition) is 5. The van der Waals surface area contributed by atoms with E-state index in [9.17, 15) is 0 Å². The standard InChI is InChI=1S/C14H14N4O/c1-3-19-13-6-4-12(5-7-13)18(2)14-8-11(9-15)16-10-17-14/h4-8,10H,3H2,1-2H3. The second kappa shape index (κ2) is 5.83. The van der Waals surface area contributed by atoms with Gasteiger partial charge in [-0.25, -0.2) is 9.97 Å². The molecule has 0 amide bonds. The molecule has 0 saturated carbocycles. The van der Waals surface area contributed by atoms with Crippen LogP contribution >= 0.6 is 0 Å². The van der Waals surface area contributed by atoms with E-state index in [2.05, 4.69) is 9.97 Å². The van der Waals surface area contributed by atoms with E-state index < -0.39 is 0 Å². The van der Waals surface area contributed by atoms with Gasteiger partial charge in [0.2, 0.25) is 0 Å². The Morgan fingerprint density at radius 3 is 2.63 bits per heavy atom. The first kappa shape index (κ1) is 12.8. The van der Waals surface area contributed by atoms with E-state index in [1.54, 1.807) is 6.07 Å². The first-order valence-electron chi connectivity index (χ1n) is 5.93. The Kier molecular flexibility index (Phi) is 3.94. The van der Waals surface area contributed by atoms with Crippen molar-refractivity contribution < 1.29 is 4.74 Å². The monoisotopic (exact) mass is 254 g/mol. The lowest BCUT2D eigenvalue weighted by Crippen LogP contribution is -2.11. The van der Waals surface area contributed by atoms with E-state index in [0.717, 1.165) is 11.4 Å². The van der Waals surface area contributed by atoms with Crippen molar-refractivity contribution in [1.29, 1.82) is 5.26 Å². The Morgan fingerprint density at radius 1 is 1.26 bits per heavy atom. The van der Waals surface area contributed by atoms with E-state index in [4.69, 9.17) is 10.00 Å². The molecule has 0 fully saturated rings. The van der Waals surface area contributed by atoms with Crippen molar-refractivity contribution in [3.05, 3.63) is 42.4 Å². The van der Waals surface area contributed by atoms with E-state index in [0.29, 0.717) is 18.1 Å². The highest BCUT2D eigenvalue weighted by Gasteiger charge is 2.06. The molecule has 1 aromatic carbocycles. The molecular formula is C14H14N4O. The molecule has 19 heavy (non-hydrogen) atoms. The first-order chi connectivity index (χ1) is 9.24. The number of anilines is 2. The molecule has 0 aliphatic carbocycles. The lowest BCUT2D eigenvalue weighted by atomic mass is 10.2. The van der Waals surface area contributed by atoms with Gasteiger partial charge in [-0.15, -0.1) is 0 Å². The average Bonchev–Trinajstić information content (AvgIpc) is 2.48. The van der Waals surface area contributed by atoms with Gasteiger partial charge in [0.05, 0.1) is 6.61 Å². The van der Waals surface area contributed by atoms with Gasteiger partial charge in [-0.3, -0.25) is 0 Å². The molecule has 0 N–H and O–H groups in total. The quantitative estimate of drug-likeness (QED) is 0.838. The fourth-order valence-corrected chi connectivity index (χ4v) is 1.66. The van der Waals surface area contributed by atoms with Crippen LogP contribution in [0.25, 0.3) is 0 Å². The van der Waals surface area contributed by atoms with Crippen LogP contribution in [-0.4, -0.2) is 23.6 Å². The summed E-state index contributed by atoms with van der Waals surface area (Å²) in [5.41, 5.74) is 1.31. The van der Waals surface area contributed by atoms with Crippen LogP contribution in [0.3, 0.4) is 0 Å². The fourth-order valence-electron chi connectivity index (χ4n) is 1.66. The van der Waals surface area contributed by atoms with E-state index in [1.807, 2.05) is 49.2 Å². The molecule has 2 rings (SSSR count). The molecule has 0 radical (unpaired) electrons. The molecule has 0 bridgehead atoms. The maximum absolute atomic E-state index is 8.83. The predicted molar refractivity (Wildman–Crippen MR) is 72.4 cm³/mol. The minimum Gasteiger partial charge on any atom is -0.494 e. The summed E-state index contributed by atoms with van der Waals surface area (Å²) in [6.07, 6.45) is 1.39. The maximum atomic E-state index is 8.83. The third kappa shape index (κ3) is 2.99. The molecule has 0 aliphatic heterocycles. The minimum absolute atomic E-state index is 0.350. The molecule has 5 heteroatoms. The van der Waals surface area contributed by atoms with Crippen molar-refractivity contribution in [3.63, 3.8) is 0 Å². The summed E-state index contributed by atoms with van der Waals surface area (Å²) >= 11 is 0. The van der Waals surface area contributed by atoms with Crippen LogP contribution in [0.15, 0.2) is 36.7 Å². The summed E-state index contributed by atoms with van der Waals surface area (Å²) in [4.78, 5) is 9.90. The maximum Gasteiger partial charge on any atom is 0.145 e. The molecule has 96 valence electrons. The summed E-state index contributed by atoms with van der Waals surface area (Å²) in [6.45, 7) is 2.59. The first-order valence-corrected chi connectivity index (χ1v) is 5.93. The topological polar surface area (TPSA) is 62.0 Å². The number of ether oxygens (including phenoxy) is 1. The molecule has 1 aromatic heterocycles. The lowest BCUT2D eigenvalue weighted by molar-refractivity contribution is 0.340. The Morgan fingerprint density at radius 2 is 2.00 bits per heavy atom. The van der Waals surface area contributed by atoms with Crippen LogP contribution in [0.5, 0.6) is 5.75 Å². The van der Waals surface area contributed by atoms with E-state index >= 15 is 0 Å². The number of aromatic nitrogens is 2. The molecular weight excluding hydrogens is 240 g/mol. The highest BCUT2D eigenvalue weighted by molar-refractivity contribution is 5.60. The Bertz CT molecular complexity index is 589. The van der Waals surface area contributed by atoms with Gasteiger partial charge < -0.3 is 9.64 Å². The Labute approximate surface area is 112 Å². The second-order valence-corrected chi connectivity index (χ2v) is 3.86. The van der Waals surface area contributed by atoms with Gasteiger partial charge in [-0.1, -0.05) is 0 Å². The van der Waals surface area contributed by atoms with Crippen molar-refractivity contribution in [1.82, 2.24) is 9.97 Å².